The lowest BCUT2D eigenvalue weighted by Gasteiger charge is -2.36. The number of hydrogen-bond acceptors (Lipinski definition) is 4. The molecule has 0 saturated heterocycles. The molecule has 0 aromatic heterocycles. The van der Waals surface area contributed by atoms with Crippen molar-refractivity contribution in [3.05, 3.63) is 0 Å². The molecule has 0 heterocycles. The Hall–Kier alpha value is -0.160. The highest BCUT2D eigenvalue weighted by molar-refractivity contribution is 4.81. The van der Waals surface area contributed by atoms with Crippen LogP contribution >= 0.6 is 0 Å². The van der Waals surface area contributed by atoms with Gasteiger partial charge in [0.2, 0.25) is 0 Å². The van der Waals surface area contributed by atoms with E-state index >= 15 is 0 Å². The van der Waals surface area contributed by atoms with Crippen LogP contribution in [0.5, 0.6) is 0 Å². The van der Waals surface area contributed by atoms with Gasteiger partial charge < -0.3 is 14.6 Å². The summed E-state index contributed by atoms with van der Waals surface area (Å²) in [6, 6.07) is 0. The minimum Gasteiger partial charge on any atom is -0.393 e. The van der Waals surface area contributed by atoms with Gasteiger partial charge in [-0.3, -0.25) is 4.90 Å². The standard InChI is InChI=1S/C15H31NO3/c1-4-13-5-6-15(17)14(11-13)12-16(7-9-18-2)8-10-19-3/h13-15,17H,4-12H2,1-3H3. The first-order chi connectivity index (χ1) is 9.21. The van der Waals surface area contributed by atoms with Crippen molar-refractivity contribution in [1.29, 1.82) is 0 Å². The molecule has 1 N–H and O–H groups in total. The van der Waals surface area contributed by atoms with E-state index in [9.17, 15) is 5.11 Å². The van der Waals surface area contributed by atoms with Crippen LogP contribution in [-0.4, -0.2) is 63.2 Å². The van der Waals surface area contributed by atoms with Gasteiger partial charge in [0.15, 0.2) is 0 Å². The molecule has 3 unspecified atom stereocenters. The summed E-state index contributed by atoms with van der Waals surface area (Å²) in [5.74, 6) is 1.20. The fourth-order valence-electron chi connectivity index (χ4n) is 2.98. The Bertz CT molecular complexity index is 217. The monoisotopic (exact) mass is 273 g/mol. The van der Waals surface area contributed by atoms with E-state index in [1.54, 1.807) is 14.2 Å². The van der Waals surface area contributed by atoms with E-state index < -0.39 is 0 Å². The molecular weight excluding hydrogens is 242 g/mol. The quantitative estimate of drug-likeness (QED) is 0.695. The molecule has 4 heteroatoms. The van der Waals surface area contributed by atoms with Crippen LogP contribution in [0.1, 0.15) is 32.6 Å². The van der Waals surface area contributed by atoms with Crippen molar-refractivity contribution in [2.75, 3.05) is 47.1 Å². The molecule has 3 atom stereocenters. The lowest BCUT2D eigenvalue weighted by Crippen LogP contribution is -2.41. The average molecular weight is 273 g/mol. The Kier molecular flexibility index (Phi) is 8.62. The predicted octanol–water partition coefficient (Wildman–Crippen LogP) is 1.77. The maximum atomic E-state index is 10.2. The SMILES string of the molecule is CCC1CCC(O)C(CN(CCOC)CCOC)C1. The van der Waals surface area contributed by atoms with Crippen LogP contribution < -0.4 is 0 Å². The lowest BCUT2D eigenvalue weighted by atomic mass is 9.78. The second kappa shape index (κ2) is 9.70. The Morgan fingerprint density at radius 2 is 1.74 bits per heavy atom. The van der Waals surface area contributed by atoms with Gasteiger partial charge >= 0.3 is 0 Å². The van der Waals surface area contributed by atoms with E-state index in [2.05, 4.69) is 11.8 Å². The fourth-order valence-corrected chi connectivity index (χ4v) is 2.98. The summed E-state index contributed by atoms with van der Waals surface area (Å²) in [6.07, 6.45) is 4.42. The molecule has 19 heavy (non-hydrogen) atoms. The number of aliphatic hydroxyl groups excluding tert-OH is 1. The van der Waals surface area contributed by atoms with Crippen molar-refractivity contribution in [2.45, 2.75) is 38.7 Å². The van der Waals surface area contributed by atoms with E-state index in [1.807, 2.05) is 0 Å². The first-order valence-corrected chi connectivity index (χ1v) is 7.59. The third-order valence-corrected chi connectivity index (χ3v) is 4.34. The number of rotatable bonds is 9. The molecule has 1 saturated carbocycles. The largest absolute Gasteiger partial charge is 0.393 e. The molecule has 114 valence electrons. The minimum absolute atomic E-state index is 0.129. The van der Waals surface area contributed by atoms with Gasteiger partial charge in [0, 0.05) is 33.9 Å². The minimum atomic E-state index is -0.129. The van der Waals surface area contributed by atoms with Crippen LogP contribution in [0.4, 0.5) is 0 Å². The van der Waals surface area contributed by atoms with E-state index in [-0.39, 0.29) is 6.10 Å². The van der Waals surface area contributed by atoms with Crippen LogP contribution in [0.25, 0.3) is 0 Å². The average Bonchev–Trinajstić information content (AvgIpc) is 2.43. The Morgan fingerprint density at radius 1 is 1.11 bits per heavy atom. The number of nitrogens with zero attached hydrogens (tertiary/aromatic N) is 1. The normalized spacial score (nSPS) is 27.9. The van der Waals surface area contributed by atoms with Gasteiger partial charge in [-0.05, 0) is 31.1 Å². The zero-order valence-corrected chi connectivity index (χ0v) is 12.8. The molecule has 1 fully saturated rings. The fraction of sp³-hybridized carbons (Fsp3) is 1.00. The maximum Gasteiger partial charge on any atom is 0.0589 e. The molecule has 0 spiro atoms. The molecule has 0 amide bonds. The third-order valence-electron chi connectivity index (χ3n) is 4.34. The van der Waals surface area contributed by atoms with Crippen molar-refractivity contribution in [1.82, 2.24) is 4.90 Å². The number of methoxy groups -OCH3 is 2. The summed E-state index contributed by atoms with van der Waals surface area (Å²) in [7, 11) is 3.47. The number of aliphatic hydroxyl groups is 1. The maximum absolute atomic E-state index is 10.2. The highest BCUT2D eigenvalue weighted by atomic mass is 16.5. The van der Waals surface area contributed by atoms with Crippen LogP contribution in [0.15, 0.2) is 0 Å². The van der Waals surface area contributed by atoms with Crippen molar-refractivity contribution < 1.29 is 14.6 Å². The van der Waals surface area contributed by atoms with Crippen LogP contribution in [-0.2, 0) is 9.47 Å². The molecule has 0 radical (unpaired) electrons. The molecule has 0 bridgehead atoms. The van der Waals surface area contributed by atoms with Crippen LogP contribution in [0.3, 0.4) is 0 Å². The van der Waals surface area contributed by atoms with Crippen molar-refractivity contribution in [2.24, 2.45) is 11.8 Å². The van der Waals surface area contributed by atoms with Gasteiger partial charge in [-0.2, -0.15) is 0 Å². The van der Waals surface area contributed by atoms with Gasteiger partial charge in [0.25, 0.3) is 0 Å². The topological polar surface area (TPSA) is 41.9 Å². The Morgan fingerprint density at radius 3 is 2.26 bits per heavy atom. The summed E-state index contributed by atoms with van der Waals surface area (Å²) >= 11 is 0. The Labute approximate surface area is 118 Å². The van der Waals surface area contributed by atoms with Gasteiger partial charge in [0.1, 0.15) is 0 Å². The van der Waals surface area contributed by atoms with Crippen LogP contribution in [0.2, 0.25) is 0 Å². The molecule has 0 aromatic carbocycles. The number of hydrogen-bond donors (Lipinski definition) is 1. The van der Waals surface area contributed by atoms with Crippen molar-refractivity contribution >= 4 is 0 Å². The zero-order valence-electron chi connectivity index (χ0n) is 12.8. The molecule has 0 aromatic rings. The van der Waals surface area contributed by atoms with Gasteiger partial charge in [0.05, 0.1) is 19.3 Å². The smallest absolute Gasteiger partial charge is 0.0589 e. The highest BCUT2D eigenvalue weighted by Crippen LogP contribution is 2.31. The van der Waals surface area contributed by atoms with Crippen molar-refractivity contribution in [3.63, 3.8) is 0 Å². The molecular formula is C15H31NO3. The van der Waals surface area contributed by atoms with Gasteiger partial charge in [-0.25, -0.2) is 0 Å². The van der Waals surface area contributed by atoms with E-state index in [4.69, 9.17) is 9.47 Å². The van der Waals surface area contributed by atoms with Gasteiger partial charge in [-0.1, -0.05) is 13.3 Å². The zero-order chi connectivity index (χ0) is 14.1. The summed E-state index contributed by atoms with van der Waals surface area (Å²) in [5, 5.41) is 10.2. The van der Waals surface area contributed by atoms with E-state index in [1.165, 1.54) is 12.8 Å². The van der Waals surface area contributed by atoms with Gasteiger partial charge in [-0.15, -0.1) is 0 Å². The third kappa shape index (κ3) is 6.21. The number of ether oxygens (including phenoxy) is 2. The molecule has 4 nitrogen and oxygen atoms in total. The lowest BCUT2D eigenvalue weighted by molar-refractivity contribution is 0.0170. The molecule has 1 rings (SSSR count). The van der Waals surface area contributed by atoms with E-state index in [0.717, 1.165) is 51.6 Å². The van der Waals surface area contributed by atoms with Crippen molar-refractivity contribution in [3.8, 4) is 0 Å². The second-order valence-electron chi connectivity index (χ2n) is 5.70. The first kappa shape index (κ1) is 16.9. The Balaban J connectivity index is 2.44. The summed E-state index contributed by atoms with van der Waals surface area (Å²) in [5.41, 5.74) is 0. The van der Waals surface area contributed by atoms with E-state index in [0.29, 0.717) is 5.92 Å². The van der Waals surface area contributed by atoms with Crippen LogP contribution in [0, 0.1) is 11.8 Å². The predicted molar refractivity (Wildman–Crippen MR) is 77.3 cm³/mol. The first-order valence-electron chi connectivity index (χ1n) is 7.59. The molecule has 0 aliphatic heterocycles. The highest BCUT2D eigenvalue weighted by Gasteiger charge is 2.29. The summed E-state index contributed by atoms with van der Waals surface area (Å²) in [4.78, 5) is 2.36. The summed E-state index contributed by atoms with van der Waals surface area (Å²) in [6.45, 7) is 6.53. The summed E-state index contributed by atoms with van der Waals surface area (Å²) < 4.78 is 10.3. The molecule has 1 aliphatic carbocycles. The molecule has 1 aliphatic rings. The second-order valence-corrected chi connectivity index (χ2v) is 5.70.